The normalized spacial score (nSPS) is 10.5. The highest BCUT2D eigenvalue weighted by molar-refractivity contribution is 7.18. The summed E-state index contributed by atoms with van der Waals surface area (Å²) in [5, 5.41) is 12.2. The molecule has 3 rings (SSSR count). The molecule has 1 aromatic heterocycles. The zero-order valence-corrected chi connectivity index (χ0v) is 16.3. The molecular weight excluding hydrogens is 362 g/mol. The number of anilines is 1. The van der Waals surface area contributed by atoms with E-state index in [1.165, 1.54) is 11.3 Å². The van der Waals surface area contributed by atoms with Crippen molar-refractivity contribution >= 4 is 22.4 Å². The molecule has 1 amide bonds. The van der Waals surface area contributed by atoms with Crippen LogP contribution >= 0.6 is 11.3 Å². The van der Waals surface area contributed by atoms with Crippen LogP contribution in [0.5, 0.6) is 11.5 Å². The average molecular weight is 383 g/mol. The van der Waals surface area contributed by atoms with Gasteiger partial charge in [-0.1, -0.05) is 35.1 Å². The van der Waals surface area contributed by atoms with Crippen molar-refractivity contribution < 1.29 is 14.3 Å². The summed E-state index contributed by atoms with van der Waals surface area (Å²) in [5.74, 6) is 0.893. The summed E-state index contributed by atoms with van der Waals surface area (Å²) in [4.78, 5) is 12.6. The smallest absolute Gasteiger partial charge is 0.257 e. The van der Waals surface area contributed by atoms with E-state index in [9.17, 15) is 4.79 Å². The van der Waals surface area contributed by atoms with Gasteiger partial charge in [-0.3, -0.25) is 10.1 Å². The molecule has 0 bridgehead atoms. The third kappa shape index (κ3) is 4.62. The number of nitrogens with zero attached hydrogens (tertiary/aromatic N) is 2. The van der Waals surface area contributed by atoms with Crippen molar-refractivity contribution in [3.05, 3.63) is 53.6 Å². The van der Waals surface area contributed by atoms with Gasteiger partial charge < -0.3 is 9.47 Å². The van der Waals surface area contributed by atoms with Gasteiger partial charge >= 0.3 is 0 Å². The third-order valence-electron chi connectivity index (χ3n) is 3.72. The summed E-state index contributed by atoms with van der Waals surface area (Å²) in [6, 6.07) is 13.1. The Morgan fingerprint density at radius 2 is 1.81 bits per heavy atom. The Bertz CT molecular complexity index is 940. The number of amides is 1. The Morgan fingerprint density at radius 3 is 2.56 bits per heavy atom. The van der Waals surface area contributed by atoms with E-state index in [2.05, 4.69) is 15.5 Å². The van der Waals surface area contributed by atoms with Gasteiger partial charge in [-0.05, 0) is 45.0 Å². The minimum atomic E-state index is -0.272. The summed E-state index contributed by atoms with van der Waals surface area (Å²) >= 11 is 1.33. The fraction of sp³-hybridized carbons (Fsp3) is 0.250. The molecule has 0 aliphatic heterocycles. The van der Waals surface area contributed by atoms with Gasteiger partial charge in [0.15, 0.2) is 11.5 Å². The van der Waals surface area contributed by atoms with Gasteiger partial charge in [0.1, 0.15) is 5.01 Å². The van der Waals surface area contributed by atoms with E-state index in [0.717, 1.165) is 16.1 Å². The Hall–Kier alpha value is -2.93. The zero-order chi connectivity index (χ0) is 19.2. The first kappa shape index (κ1) is 18.8. The van der Waals surface area contributed by atoms with Crippen LogP contribution in [0.25, 0.3) is 10.6 Å². The monoisotopic (exact) mass is 383 g/mol. The van der Waals surface area contributed by atoms with Crippen LogP contribution in [0.2, 0.25) is 0 Å². The molecule has 0 radical (unpaired) electrons. The standard InChI is InChI=1S/C20H21N3O3S/c1-4-25-16-10-9-14(12-17(16)26-5-2)18(24)21-20-23-22-19(27-20)15-8-6-7-13(3)11-15/h6-12H,4-5H2,1-3H3,(H,21,23,24). The predicted molar refractivity (Wildman–Crippen MR) is 107 cm³/mol. The molecule has 3 aromatic rings. The van der Waals surface area contributed by atoms with Crippen LogP contribution in [-0.4, -0.2) is 29.3 Å². The first-order chi connectivity index (χ1) is 13.1. The van der Waals surface area contributed by atoms with Crippen LogP contribution in [0.15, 0.2) is 42.5 Å². The molecule has 6 nitrogen and oxygen atoms in total. The van der Waals surface area contributed by atoms with Crippen LogP contribution < -0.4 is 14.8 Å². The predicted octanol–water partition coefficient (Wildman–Crippen LogP) is 4.56. The zero-order valence-electron chi connectivity index (χ0n) is 15.5. The number of aryl methyl sites for hydroxylation is 1. The third-order valence-corrected chi connectivity index (χ3v) is 4.60. The molecular formula is C20H21N3O3S. The Kier molecular flexibility index (Phi) is 6.03. The lowest BCUT2D eigenvalue weighted by Gasteiger charge is -2.12. The van der Waals surface area contributed by atoms with Gasteiger partial charge in [-0.25, -0.2) is 0 Å². The van der Waals surface area contributed by atoms with Gasteiger partial charge in [0.2, 0.25) is 5.13 Å². The maximum atomic E-state index is 12.6. The number of benzene rings is 2. The highest BCUT2D eigenvalue weighted by Gasteiger charge is 2.14. The quantitative estimate of drug-likeness (QED) is 0.647. The van der Waals surface area contributed by atoms with Gasteiger partial charge in [-0.2, -0.15) is 0 Å². The number of rotatable bonds is 7. The molecule has 0 fully saturated rings. The van der Waals surface area contributed by atoms with Crippen molar-refractivity contribution in [1.82, 2.24) is 10.2 Å². The molecule has 0 saturated heterocycles. The van der Waals surface area contributed by atoms with E-state index in [1.54, 1.807) is 18.2 Å². The lowest BCUT2D eigenvalue weighted by atomic mass is 10.1. The molecule has 2 aromatic carbocycles. The number of hydrogen-bond donors (Lipinski definition) is 1. The number of aromatic nitrogens is 2. The van der Waals surface area contributed by atoms with Crippen LogP contribution in [0.4, 0.5) is 5.13 Å². The van der Waals surface area contributed by atoms with Crippen molar-refractivity contribution in [1.29, 1.82) is 0 Å². The Labute approximate surface area is 162 Å². The minimum absolute atomic E-state index is 0.272. The average Bonchev–Trinajstić information content (AvgIpc) is 3.12. The molecule has 0 atom stereocenters. The van der Waals surface area contributed by atoms with E-state index in [-0.39, 0.29) is 5.91 Å². The van der Waals surface area contributed by atoms with E-state index >= 15 is 0 Å². The van der Waals surface area contributed by atoms with Crippen molar-refractivity contribution in [2.45, 2.75) is 20.8 Å². The summed E-state index contributed by atoms with van der Waals surface area (Å²) in [6.45, 7) is 6.82. The largest absolute Gasteiger partial charge is 0.490 e. The van der Waals surface area contributed by atoms with Gasteiger partial charge in [0.05, 0.1) is 13.2 Å². The van der Waals surface area contributed by atoms with Crippen molar-refractivity contribution in [2.24, 2.45) is 0 Å². The fourth-order valence-electron chi connectivity index (χ4n) is 2.53. The lowest BCUT2D eigenvalue weighted by Crippen LogP contribution is -2.12. The number of carbonyl (C=O) groups excluding carboxylic acids is 1. The topological polar surface area (TPSA) is 73.3 Å². The first-order valence-corrected chi connectivity index (χ1v) is 9.54. The van der Waals surface area contributed by atoms with E-state index in [0.29, 0.717) is 35.4 Å². The first-order valence-electron chi connectivity index (χ1n) is 8.72. The van der Waals surface area contributed by atoms with Crippen LogP contribution in [-0.2, 0) is 0 Å². The molecule has 0 spiro atoms. The van der Waals surface area contributed by atoms with Crippen LogP contribution in [0.1, 0.15) is 29.8 Å². The molecule has 7 heteroatoms. The number of carbonyl (C=O) groups is 1. The second-order valence-corrected chi connectivity index (χ2v) is 6.74. The highest BCUT2D eigenvalue weighted by Crippen LogP contribution is 2.30. The maximum absolute atomic E-state index is 12.6. The van der Waals surface area contributed by atoms with Crippen LogP contribution in [0, 0.1) is 6.92 Å². The highest BCUT2D eigenvalue weighted by atomic mass is 32.1. The number of ether oxygens (including phenoxy) is 2. The molecule has 0 saturated carbocycles. The molecule has 1 N–H and O–H groups in total. The van der Waals surface area contributed by atoms with Crippen molar-refractivity contribution in [3.8, 4) is 22.1 Å². The summed E-state index contributed by atoms with van der Waals surface area (Å²) < 4.78 is 11.1. The van der Waals surface area contributed by atoms with E-state index in [1.807, 2.05) is 45.0 Å². The molecule has 0 unspecified atom stereocenters. The molecule has 140 valence electrons. The minimum Gasteiger partial charge on any atom is -0.490 e. The summed E-state index contributed by atoms with van der Waals surface area (Å²) in [5.41, 5.74) is 2.59. The summed E-state index contributed by atoms with van der Waals surface area (Å²) in [7, 11) is 0. The molecule has 0 aliphatic rings. The number of hydrogen-bond acceptors (Lipinski definition) is 6. The SMILES string of the molecule is CCOc1ccc(C(=O)Nc2nnc(-c3cccc(C)c3)s2)cc1OCC. The van der Waals surface area contributed by atoms with Gasteiger partial charge in [0, 0.05) is 11.1 Å². The molecule has 27 heavy (non-hydrogen) atoms. The van der Waals surface area contributed by atoms with Crippen molar-refractivity contribution in [3.63, 3.8) is 0 Å². The number of nitrogens with one attached hydrogen (secondary N) is 1. The Balaban J connectivity index is 1.76. The Morgan fingerprint density at radius 1 is 1.04 bits per heavy atom. The van der Waals surface area contributed by atoms with Gasteiger partial charge in [0.25, 0.3) is 5.91 Å². The van der Waals surface area contributed by atoms with Crippen LogP contribution in [0.3, 0.4) is 0 Å². The maximum Gasteiger partial charge on any atom is 0.257 e. The molecule has 1 heterocycles. The van der Waals surface area contributed by atoms with Gasteiger partial charge in [-0.15, -0.1) is 10.2 Å². The second kappa shape index (κ2) is 8.64. The van der Waals surface area contributed by atoms with E-state index < -0.39 is 0 Å². The fourth-order valence-corrected chi connectivity index (χ4v) is 3.27. The summed E-state index contributed by atoms with van der Waals surface area (Å²) in [6.07, 6.45) is 0. The van der Waals surface area contributed by atoms with E-state index in [4.69, 9.17) is 9.47 Å². The van der Waals surface area contributed by atoms with Crippen molar-refractivity contribution in [2.75, 3.05) is 18.5 Å². The second-order valence-electron chi connectivity index (χ2n) is 5.76. The molecule has 0 aliphatic carbocycles. The lowest BCUT2D eigenvalue weighted by molar-refractivity contribution is 0.102.